The summed E-state index contributed by atoms with van der Waals surface area (Å²) in [5.41, 5.74) is 0. The van der Waals surface area contributed by atoms with Crippen LogP contribution >= 0.6 is 0 Å². The highest BCUT2D eigenvalue weighted by atomic mass is 32.2. The summed E-state index contributed by atoms with van der Waals surface area (Å²) in [6.45, 7) is 0.720. The lowest BCUT2D eigenvalue weighted by molar-refractivity contribution is -0.365. The van der Waals surface area contributed by atoms with Crippen LogP contribution in [0.15, 0.2) is 0 Å². The molecule has 0 aromatic carbocycles. The lowest BCUT2D eigenvalue weighted by atomic mass is 9.94. The smallest absolute Gasteiger partial charge is 0.301 e. The molecule has 19 nitrogen and oxygen atoms in total. The summed E-state index contributed by atoms with van der Waals surface area (Å²) >= 11 is 0. The maximum atomic E-state index is 12.3. The zero-order chi connectivity index (χ0) is 30.8. The number of amides is 1. The molecule has 0 aromatic heterocycles. The van der Waals surface area contributed by atoms with Crippen LogP contribution in [0, 0.1) is 0 Å². The molecule has 9 N–H and O–H groups in total. The Morgan fingerprint density at radius 3 is 1.90 bits per heavy atom. The van der Waals surface area contributed by atoms with Gasteiger partial charge in [-0.3, -0.25) is 4.79 Å². The molecule has 0 bridgehead atoms. The van der Waals surface area contributed by atoms with Crippen LogP contribution in [0.2, 0.25) is 0 Å². The molecule has 3 fully saturated rings. The number of methoxy groups -OCH3 is 1. The highest BCUT2D eigenvalue weighted by Gasteiger charge is 2.56. The standard InChI is InChI=1S/C21H37NO18S/c1-6-11(26)13(28)14(29)20(35-6)39-17-10(22-7(2)25)19(34-3)37-9(5-24)16(17)38-21-15(30)18(41(32,33)40-31)12(27)8(4-23)36-21/h6,8-21,23-24,26-31H,4-5H2,1-3H3,(H,22,25)/t6-,8+,9+,10+,11+,12-,13+,14?,15+,16+,17+,18?,19+,20-,21-/m0/s1. The predicted octanol–water partition coefficient (Wildman–Crippen LogP) is -5.92. The van der Waals surface area contributed by atoms with E-state index in [-0.39, 0.29) is 0 Å². The number of hydrogen-bond donors (Lipinski definition) is 9. The molecule has 41 heavy (non-hydrogen) atoms. The molecule has 3 heterocycles. The van der Waals surface area contributed by atoms with Crippen LogP contribution in [0.4, 0.5) is 0 Å². The van der Waals surface area contributed by atoms with E-state index in [2.05, 4.69) is 9.65 Å². The first-order valence-corrected chi connectivity index (χ1v) is 14.0. The van der Waals surface area contributed by atoms with Gasteiger partial charge in [0.2, 0.25) is 5.91 Å². The summed E-state index contributed by atoms with van der Waals surface area (Å²) in [4.78, 5) is 12.1. The molecule has 2 unspecified atom stereocenters. The van der Waals surface area contributed by atoms with E-state index in [4.69, 9.17) is 33.7 Å². The number of hydrogen-bond acceptors (Lipinski definition) is 18. The number of rotatable bonds is 10. The lowest BCUT2D eigenvalue weighted by Gasteiger charge is -2.50. The van der Waals surface area contributed by atoms with Crippen LogP contribution in [0.5, 0.6) is 0 Å². The molecule has 3 saturated heterocycles. The van der Waals surface area contributed by atoms with Crippen molar-refractivity contribution in [2.24, 2.45) is 0 Å². The predicted molar refractivity (Wildman–Crippen MR) is 127 cm³/mol. The third kappa shape index (κ3) is 7.15. The van der Waals surface area contributed by atoms with Gasteiger partial charge >= 0.3 is 10.1 Å². The fraction of sp³-hybridized carbons (Fsp3) is 0.952. The molecule has 1 amide bonds. The van der Waals surface area contributed by atoms with Gasteiger partial charge in [0.1, 0.15) is 66.2 Å². The van der Waals surface area contributed by atoms with Gasteiger partial charge in [0.25, 0.3) is 0 Å². The molecule has 0 saturated carbocycles. The van der Waals surface area contributed by atoms with E-state index in [9.17, 15) is 49.0 Å². The van der Waals surface area contributed by atoms with Crippen LogP contribution in [0.25, 0.3) is 0 Å². The summed E-state index contributed by atoms with van der Waals surface area (Å²) in [5, 5.41) is 80.8. The first-order valence-electron chi connectivity index (χ1n) is 12.5. The Kier molecular flexibility index (Phi) is 11.8. The Hall–Kier alpha value is -1.18. The Morgan fingerprint density at radius 1 is 0.805 bits per heavy atom. The van der Waals surface area contributed by atoms with Crippen LogP contribution < -0.4 is 5.32 Å². The number of aliphatic hydroxyl groups excluding tert-OH is 7. The van der Waals surface area contributed by atoms with Crippen molar-refractivity contribution in [3.8, 4) is 0 Å². The molecule has 0 spiro atoms. The van der Waals surface area contributed by atoms with E-state index in [1.165, 1.54) is 14.0 Å². The summed E-state index contributed by atoms with van der Waals surface area (Å²) < 4.78 is 61.5. The zero-order valence-corrected chi connectivity index (χ0v) is 23.0. The number of carbonyl (C=O) groups is 1. The SMILES string of the molecule is CO[C@@H]1O[C@H](CO)[C@@H](O[C@@H]2O[C@H](CO)[C@H](O)C(S(=O)(=O)OO)[C@H]2O)[C@H](O[C@@H]2O[C@@H](C)[C@@H](O)[C@@H](O)C2O)[C@H]1NC(C)=O. The van der Waals surface area contributed by atoms with Crippen molar-refractivity contribution >= 4 is 16.0 Å². The van der Waals surface area contributed by atoms with E-state index in [0.29, 0.717) is 0 Å². The molecule has 15 atom stereocenters. The second-order valence-corrected chi connectivity index (χ2v) is 11.5. The molecular weight excluding hydrogens is 586 g/mol. The van der Waals surface area contributed by atoms with Gasteiger partial charge in [-0.05, 0) is 6.92 Å². The molecular formula is C21H37NO18S. The Balaban J connectivity index is 2.02. The average Bonchev–Trinajstić information content (AvgIpc) is 2.92. The number of carbonyl (C=O) groups excluding carboxylic acids is 1. The lowest BCUT2D eigenvalue weighted by Crippen LogP contribution is -2.70. The Morgan fingerprint density at radius 2 is 1.37 bits per heavy atom. The molecule has 3 rings (SSSR count). The van der Waals surface area contributed by atoms with Crippen LogP contribution in [0.3, 0.4) is 0 Å². The molecule has 3 aliphatic rings. The maximum Gasteiger partial charge on any atom is 0.301 e. The fourth-order valence-electron chi connectivity index (χ4n) is 4.96. The third-order valence-electron chi connectivity index (χ3n) is 7.08. The van der Waals surface area contributed by atoms with Crippen molar-refractivity contribution in [2.45, 2.75) is 105 Å². The molecule has 20 heteroatoms. The average molecular weight is 624 g/mol. The topological polar surface area (TPSA) is 290 Å². The van der Waals surface area contributed by atoms with E-state index in [1.807, 2.05) is 0 Å². The van der Waals surface area contributed by atoms with Gasteiger partial charge in [-0.1, -0.05) is 0 Å². The van der Waals surface area contributed by atoms with E-state index in [0.717, 1.165) is 6.92 Å². The number of nitrogens with one attached hydrogen (secondary N) is 1. The number of aliphatic hydroxyl groups is 7. The first-order chi connectivity index (χ1) is 19.2. The molecule has 3 aliphatic heterocycles. The fourth-order valence-corrected chi connectivity index (χ4v) is 6.04. The van der Waals surface area contributed by atoms with Crippen molar-refractivity contribution in [3.63, 3.8) is 0 Å². The highest BCUT2D eigenvalue weighted by molar-refractivity contribution is 7.87. The summed E-state index contributed by atoms with van der Waals surface area (Å²) in [6.07, 6.45) is -21.8. The molecule has 240 valence electrons. The van der Waals surface area contributed by atoms with Gasteiger partial charge in [-0.2, -0.15) is 8.42 Å². The van der Waals surface area contributed by atoms with Crippen molar-refractivity contribution < 1.29 is 87.0 Å². The second-order valence-electron chi connectivity index (χ2n) is 9.81. The highest BCUT2D eigenvalue weighted by Crippen LogP contribution is 2.34. The Bertz CT molecular complexity index is 972. The van der Waals surface area contributed by atoms with Gasteiger partial charge in [-0.25, -0.2) is 5.26 Å². The minimum Gasteiger partial charge on any atom is -0.394 e. The van der Waals surface area contributed by atoms with Gasteiger partial charge in [0.15, 0.2) is 18.9 Å². The van der Waals surface area contributed by atoms with Gasteiger partial charge in [0.05, 0.1) is 19.3 Å². The monoisotopic (exact) mass is 623 g/mol. The molecule has 0 aliphatic carbocycles. The van der Waals surface area contributed by atoms with E-state index in [1.54, 1.807) is 0 Å². The minimum atomic E-state index is -5.06. The largest absolute Gasteiger partial charge is 0.394 e. The minimum absolute atomic E-state index is 0.631. The molecule has 0 aromatic rings. The maximum absolute atomic E-state index is 12.3. The third-order valence-corrected chi connectivity index (χ3v) is 8.51. The molecule has 0 radical (unpaired) electrons. The van der Waals surface area contributed by atoms with Crippen LogP contribution in [-0.2, 0) is 47.7 Å². The summed E-state index contributed by atoms with van der Waals surface area (Å²) in [5.74, 6) is -0.631. The normalized spacial score (nSPS) is 45.8. The Labute approximate surface area is 234 Å². The summed E-state index contributed by atoms with van der Waals surface area (Å²) in [7, 11) is -3.86. The summed E-state index contributed by atoms with van der Waals surface area (Å²) in [6, 6.07) is -1.30. The van der Waals surface area contributed by atoms with Crippen molar-refractivity contribution in [1.29, 1.82) is 0 Å². The van der Waals surface area contributed by atoms with Crippen molar-refractivity contribution in [1.82, 2.24) is 5.32 Å². The number of ether oxygens (including phenoxy) is 6. The second kappa shape index (κ2) is 14.1. The zero-order valence-electron chi connectivity index (χ0n) is 22.1. The first kappa shape index (κ1) is 34.3. The van der Waals surface area contributed by atoms with Gasteiger partial charge in [-0.15, -0.1) is 4.33 Å². The van der Waals surface area contributed by atoms with E-state index < -0.39 is 120 Å². The van der Waals surface area contributed by atoms with Crippen molar-refractivity contribution in [2.75, 3.05) is 20.3 Å². The van der Waals surface area contributed by atoms with Crippen LogP contribution in [0.1, 0.15) is 13.8 Å². The van der Waals surface area contributed by atoms with Gasteiger partial charge < -0.3 is 69.5 Å². The van der Waals surface area contributed by atoms with E-state index >= 15 is 0 Å². The van der Waals surface area contributed by atoms with Crippen LogP contribution in [-0.4, -0.2) is 167 Å². The quantitative estimate of drug-likeness (QED) is 0.0808. The van der Waals surface area contributed by atoms with Gasteiger partial charge in [0, 0.05) is 14.0 Å². The van der Waals surface area contributed by atoms with Crippen molar-refractivity contribution in [3.05, 3.63) is 0 Å².